The molecule has 0 aromatic carbocycles. The fourth-order valence-electron chi connectivity index (χ4n) is 1.58. The second kappa shape index (κ2) is 4.97. The number of rotatable bonds is 5. The quantitative estimate of drug-likeness (QED) is 0.829. The smallest absolute Gasteiger partial charge is 0.242 e. The predicted octanol–water partition coefficient (Wildman–Crippen LogP) is 0.555. The molecule has 0 unspecified atom stereocenters. The molecule has 0 atom stereocenters. The maximum Gasteiger partial charge on any atom is 0.242 e. The van der Waals surface area contributed by atoms with Gasteiger partial charge in [-0.3, -0.25) is 0 Å². The molecule has 98 valence electrons. The Labute approximate surface area is 105 Å². The molecule has 0 saturated carbocycles. The Morgan fingerprint density at radius 1 is 1.50 bits per heavy atom. The van der Waals surface area contributed by atoms with Gasteiger partial charge in [-0.2, -0.15) is 0 Å². The van der Waals surface area contributed by atoms with Crippen molar-refractivity contribution in [3.8, 4) is 0 Å². The van der Waals surface area contributed by atoms with Gasteiger partial charge in [0.15, 0.2) is 0 Å². The molecule has 2 aromatic heterocycles. The first-order valence-corrected chi connectivity index (χ1v) is 6.87. The molecule has 18 heavy (non-hydrogen) atoms. The van der Waals surface area contributed by atoms with Crippen LogP contribution in [0.4, 0.5) is 0 Å². The molecular weight excluding hydrogens is 254 g/mol. The summed E-state index contributed by atoms with van der Waals surface area (Å²) in [5, 5.41) is 0. The molecule has 0 amide bonds. The van der Waals surface area contributed by atoms with E-state index in [0.717, 1.165) is 11.3 Å². The van der Waals surface area contributed by atoms with Gasteiger partial charge in [0.05, 0.1) is 17.4 Å². The molecule has 0 spiro atoms. The van der Waals surface area contributed by atoms with Crippen LogP contribution in [0.1, 0.15) is 11.3 Å². The minimum atomic E-state index is -3.52. The lowest BCUT2D eigenvalue weighted by Gasteiger charge is -2.02. The van der Waals surface area contributed by atoms with Crippen LogP contribution in [0.3, 0.4) is 0 Å². The number of aromatic nitrogens is 1. The fraction of sp³-hybridized carbons (Fsp3) is 0.273. The number of hydrogen-bond acceptors (Lipinski definition) is 4. The van der Waals surface area contributed by atoms with Crippen LogP contribution < -0.4 is 10.5 Å². The Morgan fingerprint density at radius 3 is 2.83 bits per heavy atom. The van der Waals surface area contributed by atoms with Crippen LogP contribution >= 0.6 is 0 Å². The summed E-state index contributed by atoms with van der Waals surface area (Å²) in [6, 6.07) is 3.27. The van der Waals surface area contributed by atoms with Crippen LogP contribution in [-0.4, -0.2) is 13.0 Å². The third-order valence-electron chi connectivity index (χ3n) is 2.65. The van der Waals surface area contributed by atoms with E-state index >= 15 is 0 Å². The van der Waals surface area contributed by atoms with E-state index in [-0.39, 0.29) is 11.4 Å². The highest BCUT2D eigenvalue weighted by Gasteiger charge is 2.16. The van der Waals surface area contributed by atoms with Gasteiger partial charge < -0.3 is 14.7 Å². The zero-order chi connectivity index (χ0) is 13.2. The minimum absolute atomic E-state index is 0.200. The van der Waals surface area contributed by atoms with Crippen LogP contribution in [-0.2, 0) is 30.2 Å². The SMILES string of the molecule is Cn1cc(S(=O)(=O)NCc2ccoc2)cc1CN. The van der Waals surface area contributed by atoms with E-state index < -0.39 is 10.0 Å². The molecule has 0 bridgehead atoms. The lowest BCUT2D eigenvalue weighted by molar-refractivity contribution is 0.561. The second-order valence-electron chi connectivity index (χ2n) is 3.94. The number of nitrogens with one attached hydrogen (secondary N) is 1. The van der Waals surface area contributed by atoms with Gasteiger partial charge in [-0.1, -0.05) is 0 Å². The van der Waals surface area contributed by atoms with Gasteiger partial charge in [0, 0.05) is 37.6 Å². The molecular formula is C11H15N3O3S. The van der Waals surface area contributed by atoms with Crippen molar-refractivity contribution in [3.63, 3.8) is 0 Å². The monoisotopic (exact) mass is 269 g/mol. The first kappa shape index (κ1) is 12.9. The van der Waals surface area contributed by atoms with Crippen molar-refractivity contribution in [2.45, 2.75) is 18.0 Å². The number of aryl methyl sites for hydroxylation is 1. The van der Waals surface area contributed by atoms with Gasteiger partial charge in [-0.05, 0) is 12.1 Å². The third kappa shape index (κ3) is 2.63. The minimum Gasteiger partial charge on any atom is -0.472 e. The van der Waals surface area contributed by atoms with Gasteiger partial charge in [0.2, 0.25) is 10.0 Å². The number of nitrogens with two attached hydrogens (primary N) is 1. The average molecular weight is 269 g/mol. The normalized spacial score (nSPS) is 11.9. The lowest BCUT2D eigenvalue weighted by Crippen LogP contribution is -2.22. The Balaban J connectivity index is 2.14. The van der Waals surface area contributed by atoms with Crippen LogP contribution in [0, 0.1) is 0 Å². The Morgan fingerprint density at radius 2 is 2.28 bits per heavy atom. The van der Waals surface area contributed by atoms with Crippen molar-refractivity contribution < 1.29 is 12.8 Å². The molecule has 2 heterocycles. The molecule has 0 aliphatic carbocycles. The zero-order valence-electron chi connectivity index (χ0n) is 9.96. The number of furan rings is 1. The molecule has 0 aliphatic rings. The summed E-state index contributed by atoms with van der Waals surface area (Å²) in [7, 11) is -1.75. The largest absolute Gasteiger partial charge is 0.472 e. The molecule has 6 nitrogen and oxygen atoms in total. The average Bonchev–Trinajstić information content (AvgIpc) is 2.95. The summed E-state index contributed by atoms with van der Waals surface area (Å²) in [4.78, 5) is 0.217. The van der Waals surface area contributed by atoms with Crippen molar-refractivity contribution in [2.24, 2.45) is 12.8 Å². The lowest BCUT2D eigenvalue weighted by atomic mass is 10.4. The van der Waals surface area contributed by atoms with Crippen molar-refractivity contribution >= 4 is 10.0 Å². The van der Waals surface area contributed by atoms with Gasteiger partial charge in [-0.15, -0.1) is 0 Å². The Bertz CT molecular complexity index is 614. The molecule has 3 N–H and O–H groups in total. The summed E-state index contributed by atoms with van der Waals surface area (Å²) in [5.41, 5.74) is 7.04. The Hall–Kier alpha value is -1.57. The first-order chi connectivity index (χ1) is 8.53. The van der Waals surface area contributed by atoms with E-state index in [9.17, 15) is 8.42 Å². The molecule has 7 heteroatoms. The second-order valence-corrected chi connectivity index (χ2v) is 5.71. The topological polar surface area (TPSA) is 90.3 Å². The number of hydrogen-bond donors (Lipinski definition) is 2. The van der Waals surface area contributed by atoms with E-state index in [1.165, 1.54) is 12.5 Å². The summed E-state index contributed by atoms with van der Waals surface area (Å²) < 4.78 is 33.1. The van der Waals surface area contributed by atoms with Crippen molar-refractivity contribution in [3.05, 3.63) is 42.1 Å². The van der Waals surface area contributed by atoms with Crippen molar-refractivity contribution in [1.82, 2.24) is 9.29 Å². The van der Waals surface area contributed by atoms with Gasteiger partial charge in [0.25, 0.3) is 0 Å². The molecule has 2 aromatic rings. The Kier molecular flexibility index (Phi) is 3.55. The van der Waals surface area contributed by atoms with Gasteiger partial charge >= 0.3 is 0 Å². The summed E-state index contributed by atoms with van der Waals surface area (Å²) in [5.74, 6) is 0. The fourth-order valence-corrected chi connectivity index (χ4v) is 2.69. The van der Waals surface area contributed by atoms with Crippen LogP contribution in [0.2, 0.25) is 0 Å². The number of nitrogens with zero attached hydrogens (tertiary/aromatic N) is 1. The summed E-state index contributed by atoms with van der Waals surface area (Å²) >= 11 is 0. The van der Waals surface area contributed by atoms with E-state index in [2.05, 4.69) is 4.72 Å². The van der Waals surface area contributed by atoms with E-state index in [4.69, 9.17) is 10.2 Å². The van der Waals surface area contributed by atoms with Crippen LogP contribution in [0.5, 0.6) is 0 Å². The van der Waals surface area contributed by atoms with Crippen LogP contribution in [0.25, 0.3) is 0 Å². The predicted molar refractivity (Wildman–Crippen MR) is 66.0 cm³/mol. The highest BCUT2D eigenvalue weighted by molar-refractivity contribution is 7.89. The highest BCUT2D eigenvalue weighted by atomic mass is 32.2. The van der Waals surface area contributed by atoms with E-state index in [0.29, 0.717) is 6.54 Å². The summed E-state index contributed by atoms with van der Waals surface area (Å²) in [6.45, 7) is 0.499. The zero-order valence-corrected chi connectivity index (χ0v) is 10.8. The van der Waals surface area contributed by atoms with Crippen molar-refractivity contribution in [2.75, 3.05) is 0 Å². The third-order valence-corrected chi connectivity index (χ3v) is 4.02. The molecule has 0 saturated heterocycles. The molecule has 2 rings (SSSR count). The standard InChI is InChI=1S/C11H15N3O3S/c1-14-7-11(4-10(14)5-12)18(15,16)13-6-9-2-3-17-8-9/h2-4,7-8,13H,5-6,12H2,1H3. The molecule has 0 aliphatic heterocycles. The summed E-state index contributed by atoms with van der Waals surface area (Å²) in [6.07, 6.45) is 4.54. The van der Waals surface area contributed by atoms with Crippen LogP contribution in [0.15, 0.2) is 40.2 Å². The maximum absolute atomic E-state index is 12.0. The van der Waals surface area contributed by atoms with E-state index in [1.807, 2.05) is 0 Å². The number of sulfonamides is 1. The highest BCUT2D eigenvalue weighted by Crippen LogP contribution is 2.13. The maximum atomic E-state index is 12.0. The molecule has 0 radical (unpaired) electrons. The molecule has 0 fully saturated rings. The van der Waals surface area contributed by atoms with Gasteiger partial charge in [0.1, 0.15) is 0 Å². The van der Waals surface area contributed by atoms with E-state index in [1.54, 1.807) is 29.9 Å². The first-order valence-electron chi connectivity index (χ1n) is 5.39. The van der Waals surface area contributed by atoms with Crippen molar-refractivity contribution in [1.29, 1.82) is 0 Å². The van der Waals surface area contributed by atoms with Gasteiger partial charge in [-0.25, -0.2) is 13.1 Å².